The normalized spacial score (nSPS) is 23.9. The van der Waals surface area contributed by atoms with Crippen molar-refractivity contribution < 1.29 is 9.59 Å². The molecule has 0 spiro atoms. The van der Waals surface area contributed by atoms with Crippen LogP contribution in [-0.4, -0.2) is 30.4 Å². The first-order valence-electron chi connectivity index (χ1n) is 6.63. The van der Waals surface area contributed by atoms with Crippen LogP contribution in [-0.2, 0) is 9.59 Å². The minimum absolute atomic E-state index is 0.0422. The van der Waals surface area contributed by atoms with Crippen LogP contribution in [0.4, 0.5) is 0 Å². The van der Waals surface area contributed by atoms with E-state index in [-0.39, 0.29) is 17.7 Å². The van der Waals surface area contributed by atoms with Gasteiger partial charge in [-0.1, -0.05) is 13.3 Å². The van der Waals surface area contributed by atoms with Gasteiger partial charge in [0.15, 0.2) is 0 Å². The number of hydrogen-bond donors (Lipinski definition) is 3. The Morgan fingerprint density at radius 2 is 2.11 bits per heavy atom. The van der Waals surface area contributed by atoms with Crippen molar-refractivity contribution in [3.8, 4) is 0 Å². The Balaban J connectivity index is 2.70. The van der Waals surface area contributed by atoms with Gasteiger partial charge in [0.2, 0.25) is 11.8 Å². The Hall–Kier alpha value is -1.10. The third-order valence-corrected chi connectivity index (χ3v) is 3.52. The summed E-state index contributed by atoms with van der Waals surface area (Å²) in [6.07, 6.45) is 2.87. The van der Waals surface area contributed by atoms with E-state index in [1.165, 1.54) is 0 Å². The van der Waals surface area contributed by atoms with Crippen LogP contribution < -0.4 is 16.4 Å². The third kappa shape index (κ3) is 3.70. The van der Waals surface area contributed by atoms with E-state index in [0.717, 1.165) is 32.4 Å². The number of amides is 2. The van der Waals surface area contributed by atoms with Gasteiger partial charge in [0, 0.05) is 18.5 Å². The number of primary amides is 1. The summed E-state index contributed by atoms with van der Waals surface area (Å²) in [6.45, 7) is 7.35. The van der Waals surface area contributed by atoms with Crippen molar-refractivity contribution in [2.75, 3.05) is 13.1 Å². The highest BCUT2D eigenvalue weighted by Crippen LogP contribution is 2.32. The van der Waals surface area contributed by atoms with Crippen LogP contribution in [0.1, 0.15) is 46.5 Å². The fraction of sp³-hybridized carbons (Fsp3) is 0.846. The molecule has 104 valence electrons. The molecule has 1 aliphatic heterocycles. The van der Waals surface area contributed by atoms with Crippen molar-refractivity contribution in [1.82, 2.24) is 10.6 Å². The van der Waals surface area contributed by atoms with Crippen LogP contribution >= 0.6 is 0 Å². The Morgan fingerprint density at radius 3 is 2.56 bits per heavy atom. The van der Waals surface area contributed by atoms with Gasteiger partial charge in [-0.2, -0.15) is 0 Å². The van der Waals surface area contributed by atoms with Gasteiger partial charge >= 0.3 is 0 Å². The van der Waals surface area contributed by atoms with Crippen molar-refractivity contribution in [1.29, 1.82) is 0 Å². The van der Waals surface area contributed by atoms with Gasteiger partial charge < -0.3 is 16.4 Å². The lowest BCUT2D eigenvalue weighted by molar-refractivity contribution is -0.132. The van der Waals surface area contributed by atoms with E-state index in [1.54, 1.807) is 0 Å². The van der Waals surface area contributed by atoms with Crippen molar-refractivity contribution in [2.45, 2.75) is 52.0 Å². The number of hydrogen-bond acceptors (Lipinski definition) is 3. The van der Waals surface area contributed by atoms with Crippen LogP contribution in [0.3, 0.4) is 0 Å². The standard InChI is InChI=1S/C13H25N3O2/c1-4-5-13(6-7-15-9-13)11(18)16-12(2,3)8-10(14)17/h15H,4-9H2,1-3H3,(H2,14,17)(H,16,18). The molecule has 0 aromatic heterocycles. The van der Waals surface area contributed by atoms with Gasteiger partial charge in [-0.3, -0.25) is 9.59 Å². The first kappa shape index (κ1) is 15.0. The molecule has 4 N–H and O–H groups in total. The summed E-state index contributed by atoms with van der Waals surface area (Å²) in [6, 6.07) is 0. The highest BCUT2D eigenvalue weighted by atomic mass is 16.2. The number of nitrogens with one attached hydrogen (secondary N) is 2. The van der Waals surface area contributed by atoms with Gasteiger partial charge in [0.25, 0.3) is 0 Å². The molecule has 18 heavy (non-hydrogen) atoms. The van der Waals surface area contributed by atoms with Crippen molar-refractivity contribution >= 4 is 11.8 Å². The van der Waals surface area contributed by atoms with Gasteiger partial charge in [-0.05, 0) is 33.2 Å². The number of carbonyl (C=O) groups excluding carboxylic acids is 2. The highest BCUT2D eigenvalue weighted by Gasteiger charge is 2.42. The topological polar surface area (TPSA) is 84.2 Å². The fourth-order valence-electron chi connectivity index (χ4n) is 2.66. The predicted octanol–water partition coefficient (Wildman–Crippen LogP) is 0.536. The minimum Gasteiger partial charge on any atom is -0.370 e. The summed E-state index contributed by atoms with van der Waals surface area (Å²) in [5, 5.41) is 6.23. The lowest BCUT2D eigenvalue weighted by Gasteiger charge is -2.33. The second-order valence-electron chi connectivity index (χ2n) is 5.94. The van der Waals surface area contributed by atoms with Crippen molar-refractivity contribution in [3.63, 3.8) is 0 Å². The zero-order valence-corrected chi connectivity index (χ0v) is 11.6. The summed E-state index contributed by atoms with van der Waals surface area (Å²) in [7, 11) is 0. The first-order chi connectivity index (χ1) is 8.31. The van der Waals surface area contributed by atoms with Gasteiger partial charge in [-0.15, -0.1) is 0 Å². The molecule has 0 aliphatic carbocycles. The summed E-state index contributed by atoms with van der Waals surface area (Å²) in [4.78, 5) is 23.4. The second-order valence-corrected chi connectivity index (χ2v) is 5.94. The molecule has 2 amide bonds. The van der Waals surface area contributed by atoms with Gasteiger partial charge in [-0.25, -0.2) is 0 Å². The maximum atomic E-state index is 12.5. The monoisotopic (exact) mass is 255 g/mol. The Bertz CT molecular complexity index is 320. The molecule has 0 aromatic rings. The Morgan fingerprint density at radius 1 is 1.44 bits per heavy atom. The average Bonchev–Trinajstić information content (AvgIpc) is 2.65. The first-order valence-corrected chi connectivity index (χ1v) is 6.63. The molecule has 1 unspecified atom stereocenters. The van der Waals surface area contributed by atoms with E-state index < -0.39 is 11.4 Å². The van der Waals surface area contributed by atoms with E-state index >= 15 is 0 Å². The van der Waals surface area contributed by atoms with Crippen molar-refractivity contribution in [3.05, 3.63) is 0 Å². The number of nitrogens with two attached hydrogens (primary N) is 1. The molecule has 5 heteroatoms. The molecule has 1 atom stereocenters. The number of rotatable bonds is 6. The molecule has 0 radical (unpaired) electrons. The second kappa shape index (κ2) is 5.69. The van der Waals surface area contributed by atoms with Gasteiger partial charge in [0.1, 0.15) is 0 Å². The smallest absolute Gasteiger partial charge is 0.227 e. The van der Waals surface area contributed by atoms with E-state index in [2.05, 4.69) is 17.6 Å². The van der Waals surface area contributed by atoms with Crippen LogP contribution in [0.2, 0.25) is 0 Å². The summed E-state index contributed by atoms with van der Waals surface area (Å²) >= 11 is 0. The quantitative estimate of drug-likeness (QED) is 0.647. The molecule has 1 saturated heterocycles. The largest absolute Gasteiger partial charge is 0.370 e. The zero-order valence-electron chi connectivity index (χ0n) is 11.6. The lowest BCUT2D eigenvalue weighted by Crippen LogP contribution is -2.52. The molecule has 0 saturated carbocycles. The zero-order chi connectivity index (χ0) is 13.8. The molecule has 0 bridgehead atoms. The molecule has 1 rings (SSSR count). The minimum atomic E-state index is -0.577. The molecular formula is C13H25N3O2. The Kier molecular flexibility index (Phi) is 4.73. The molecule has 1 heterocycles. The highest BCUT2D eigenvalue weighted by molar-refractivity contribution is 5.85. The lowest BCUT2D eigenvalue weighted by atomic mass is 9.80. The summed E-state index contributed by atoms with van der Waals surface area (Å²) in [5.41, 5.74) is 4.30. The molecule has 1 aliphatic rings. The molecule has 5 nitrogen and oxygen atoms in total. The summed E-state index contributed by atoms with van der Waals surface area (Å²) in [5.74, 6) is -0.352. The van der Waals surface area contributed by atoms with E-state index in [9.17, 15) is 9.59 Å². The van der Waals surface area contributed by atoms with Crippen LogP contribution in [0.15, 0.2) is 0 Å². The van der Waals surface area contributed by atoms with Crippen molar-refractivity contribution in [2.24, 2.45) is 11.1 Å². The SMILES string of the molecule is CCCC1(C(=O)NC(C)(C)CC(N)=O)CCNC1. The predicted molar refractivity (Wildman–Crippen MR) is 70.9 cm³/mol. The van der Waals surface area contributed by atoms with Crippen LogP contribution in [0.5, 0.6) is 0 Å². The third-order valence-electron chi connectivity index (χ3n) is 3.52. The average molecular weight is 255 g/mol. The van der Waals surface area contributed by atoms with Gasteiger partial charge in [0.05, 0.1) is 5.41 Å². The summed E-state index contributed by atoms with van der Waals surface area (Å²) < 4.78 is 0. The van der Waals surface area contributed by atoms with E-state index in [4.69, 9.17) is 5.73 Å². The maximum absolute atomic E-state index is 12.5. The van der Waals surface area contributed by atoms with E-state index in [0.29, 0.717) is 0 Å². The molecule has 1 fully saturated rings. The van der Waals surface area contributed by atoms with Crippen LogP contribution in [0, 0.1) is 5.41 Å². The molecular weight excluding hydrogens is 230 g/mol. The maximum Gasteiger partial charge on any atom is 0.227 e. The van der Waals surface area contributed by atoms with E-state index in [1.807, 2.05) is 13.8 Å². The van der Waals surface area contributed by atoms with Crippen LogP contribution in [0.25, 0.3) is 0 Å². The Labute approximate surface area is 109 Å². The fourth-order valence-corrected chi connectivity index (χ4v) is 2.66. The number of carbonyl (C=O) groups is 2. The molecule has 0 aromatic carbocycles.